The lowest BCUT2D eigenvalue weighted by Gasteiger charge is -2.08. The summed E-state index contributed by atoms with van der Waals surface area (Å²) in [7, 11) is 1.84. The van der Waals surface area contributed by atoms with Crippen molar-refractivity contribution >= 4 is 22.9 Å². The van der Waals surface area contributed by atoms with Crippen LogP contribution in [0.4, 0.5) is 5.69 Å². The van der Waals surface area contributed by atoms with Crippen LogP contribution in [0, 0.1) is 6.92 Å². The zero-order valence-electron chi connectivity index (χ0n) is 10.7. The third-order valence-electron chi connectivity index (χ3n) is 2.77. The number of rotatable bonds is 4. The maximum atomic E-state index is 12.0. The summed E-state index contributed by atoms with van der Waals surface area (Å²) in [6, 6.07) is 5.47. The van der Waals surface area contributed by atoms with Crippen LogP contribution in [0.15, 0.2) is 28.4 Å². The Morgan fingerprint density at radius 1 is 1.42 bits per heavy atom. The van der Waals surface area contributed by atoms with Gasteiger partial charge in [-0.15, -0.1) is 0 Å². The van der Waals surface area contributed by atoms with E-state index in [-0.39, 0.29) is 10.8 Å². The molecule has 0 aliphatic carbocycles. The molecule has 1 amide bonds. The fraction of sp³-hybridized carbons (Fsp3) is 0.231. The highest BCUT2D eigenvalue weighted by atomic mass is 32.1. The molecule has 0 fully saturated rings. The molecule has 19 heavy (non-hydrogen) atoms. The second-order valence-corrected chi connectivity index (χ2v) is 4.98. The van der Waals surface area contributed by atoms with Crippen molar-refractivity contribution in [2.24, 2.45) is 0 Å². The Bertz CT molecular complexity index is 645. The Labute approximate surface area is 114 Å². The average Bonchev–Trinajstić information content (AvgIpc) is 2.81. The average molecular weight is 277 g/mol. The van der Waals surface area contributed by atoms with Crippen LogP contribution in [-0.4, -0.2) is 17.9 Å². The second-order valence-electron chi connectivity index (χ2n) is 4.14. The Morgan fingerprint density at radius 2 is 2.21 bits per heavy atom. The summed E-state index contributed by atoms with van der Waals surface area (Å²) >= 11 is 1.09. The molecule has 0 bridgehead atoms. The highest BCUT2D eigenvalue weighted by Crippen LogP contribution is 2.15. The first-order valence-electron chi connectivity index (χ1n) is 5.83. The first kappa shape index (κ1) is 13.4. The van der Waals surface area contributed by atoms with Gasteiger partial charge in [0.05, 0.1) is 6.54 Å². The Morgan fingerprint density at radius 3 is 2.79 bits per heavy atom. The van der Waals surface area contributed by atoms with E-state index < -0.39 is 0 Å². The van der Waals surface area contributed by atoms with E-state index in [9.17, 15) is 9.59 Å². The summed E-state index contributed by atoms with van der Waals surface area (Å²) in [5.41, 5.74) is 3.33. The zero-order valence-corrected chi connectivity index (χ0v) is 11.6. The van der Waals surface area contributed by atoms with Crippen LogP contribution in [0.5, 0.6) is 0 Å². The molecule has 0 atom stereocenters. The molecule has 2 aromatic rings. The SMILES string of the molecule is CNc1ccc(C(=O)NCc2csc(=O)[nH]2)cc1C. The number of amides is 1. The summed E-state index contributed by atoms with van der Waals surface area (Å²) in [5.74, 6) is -0.155. The van der Waals surface area contributed by atoms with Crippen LogP contribution in [0.25, 0.3) is 0 Å². The number of nitrogens with one attached hydrogen (secondary N) is 3. The van der Waals surface area contributed by atoms with Crippen molar-refractivity contribution in [2.45, 2.75) is 13.5 Å². The van der Waals surface area contributed by atoms with Crippen LogP contribution >= 0.6 is 11.3 Å². The summed E-state index contributed by atoms with van der Waals surface area (Å²) in [4.78, 5) is 25.5. The molecule has 0 aliphatic rings. The number of H-pyrrole nitrogens is 1. The van der Waals surface area contributed by atoms with Gasteiger partial charge in [-0.05, 0) is 30.7 Å². The monoisotopic (exact) mass is 277 g/mol. The minimum atomic E-state index is -0.155. The summed E-state index contributed by atoms with van der Waals surface area (Å²) in [6.45, 7) is 2.27. The molecule has 1 aromatic carbocycles. The normalized spacial score (nSPS) is 10.2. The molecule has 0 spiro atoms. The van der Waals surface area contributed by atoms with E-state index in [1.807, 2.05) is 26.1 Å². The van der Waals surface area contributed by atoms with Crippen molar-refractivity contribution in [1.29, 1.82) is 0 Å². The smallest absolute Gasteiger partial charge is 0.304 e. The minimum Gasteiger partial charge on any atom is -0.388 e. The van der Waals surface area contributed by atoms with E-state index in [0.29, 0.717) is 17.8 Å². The predicted octanol–water partition coefficient (Wildman–Crippen LogP) is 1.72. The van der Waals surface area contributed by atoms with E-state index >= 15 is 0 Å². The van der Waals surface area contributed by atoms with Gasteiger partial charge in [-0.25, -0.2) is 0 Å². The molecule has 2 rings (SSSR count). The van der Waals surface area contributed by atoms with Crippen LogP contribution in [0.2, 0.25) is 0 Å². The lowest BCUT2D eigenvalue weighted by molar-refractivity contribution is 0.0950. The van der Waals surface area contributed by atoms with Crippen molar-refractivity contribution in [2.75, 3.05) is 12.4 Å². The Balaban J connectivity index is 2.03. The number of carbonyl (C=O) groups is 1. The van der Waals surface area contributed by atoms with Crippen molar-refractivity contribution in [3.05, 3.63) is 50.1 Å². The van der Waals surface area contributed by atoms with Gasteiger partial charge in [0.25, 0.3) is 5.91 Å². The fourth-order valence-corrected chi connectivity index (χ4v) is 2.35. The predicted molar refractivity (Wildman–Crippen MR) is 76.8 cm³/mol. The van der Waals surface area contributed by atoms with Gasteiger partial charge >= 0.3 is 4.87 Å². The quantitative estimate of drug-likeness (QED) is 0.796. The Hall–Kier alpha value is -2.08. The van der Waals surface area contributed by atoms with Gasteiger partial charge in [-0.2, -0.15) is 0 Å². The third-order valence-corrected chi connectivity index (χ3v) is 3.49. The van der Waals surface area contributed by atoms with Crippen LogP contribution in [0.1, 0.15) is 21.6 Å². The van der Waals surface area contributed by atoms with Gasteiger partial charge in [0.2, 0.25) is 0 Å². The van der Waals surface area contributed by atoms with Crippen LogP contribution < -0.4 is 15.5 Å². The maximum Gasteiger partial charge on any atom is 0.304 e. The standard InChI is InChI=1S/C13H15N3O2S/c1-8-5-9(3-4-11(8)14-2)12(17)15-6-10-7-19-13(18)16-10/h3-5,7,14H,6H2,1-2H3,(H,15,17)(H,16,18). The molecule has 3 N–H and O–H groups in total. The summed E-state index contributed by atoms with van der Waals surface area (Å²) in [6.07, 6.45) is 0. The van der Waals surface area contributed by atoms with Crippen molar-refractivity contribution < 1.29 is 4.79 Å². The first-order chi connectivity index (χ1) is 9.10. The molecule has 5 nitrogen and oxygen atoms in total. The van der Waals surface area contributed by atoms with E-state index in [1.165, 1.54) is 0 Å². The molecule has 0 unspecified atom stereocenters. The summed E-state index contributed by atoms with van der Waals surface area (Å²) in [5, 5.41) is 7.53. The molecule has 1 heterocycles. The second kappa shape index (κ2) is 5.71. The molecule has 0 aliphatic heterocycles. The number of carbonyl (C=O) groups excluding carboxylic acids is 1. The van der Waals surface area contributed by atoms with Crippen LogP contribution in [0.3, 0.4) is 0 Å². The number of aromatic nitrogens is 1. The number of anilines is 1. The van der Waals surface area contributed by atoms with Gasteiger partial charge in [0.15, 0.2) is 0 Å². The number of hydrogen-bond donors (Lipinski definition) is 3. The number of benzene rings is 1. The number of thiazole rings is 1. The van der Waals surface area contributed by atoms with E-state index in [4.69, 9.17) is 0 Å². The maximum absolute atomic E-state index is 12.0. The molecule has 0 saturated heterocycles. The zero-order chi connectivity index (χ0) is 13.8. The number of aromatic amines is 1. The topological polar surface area (TPSA) is 74.0 Å². The van der Waals surface area contributed by atoms with Gasteiger partial charge in [0, 0.05) is 29.4 Å². The molecule has 1 aromatic heterocycles. The van der Waals surface area contributed by atoms with E-state index in [0.717, 1.165) is 22.6 Å². The highest BCUT2D eigenvalue weighted by molar-refractivity contribution is 7.07. The van der Waals surface area contributed by atoms with E-state index in [2.05, 4.69) is 15.6 Å². The van der Waals surface area contributed by atoms with Gasteiger partial charge in [-0.1, -0.05) is 11.3 Å². The van der Waals surface area contributed by atoms with Crippen molar-refractivity contribution in [3.8, 4) is 0 Å². The Kier molecular flexibility index (Phi) is 4.01. The first-order valence-corrected chi connectivity index (χ1v) is 6.71. The van der Waals surface area contributed by atoms with Crippen molar-refractivity contribution in [3.63, 3.8) is 0 Å². The van der Waals surface area contributed by atoms with Gasteiger partial charge in [-0.3, -0.25) is 9.59 Å². The molecule has 6 heteroatoms. The third kappa shape index (κ3) is 3.23. The lowest BCUT2D eigenvalue weighted by atomic mass is 10.1. The molecule has 100 valence electrons. The van der Waals surface area contributed by atoms with Crippen molar-refractivity contribution in [1.82, 2.24) is 10.3 Å². The lowest BCUT2D eigenvalue weighted by Crippen LogP contribution is -2.23. The molecular weight excluding hydrogens is 262 g/mol. The van der Waals surface area contributed by atoms with Crippen LogP contribution in [-0.2, 0) is 6.54 Å². The van der Waals surface area contributed by atoms with Gasteiger partial charge in [0.1, 0.15) is 0 Å². The number of hydrogen-bond acceptors (Lipinski definition) is 4. The highest BCUT2D eigenvalue weighted by Gasteiger charge is 2.07. The van der Waals surface area contributed by atoms with E-state index in [1.54, 1.807) is 11.4 Å². The molecular formula is C13H15N3O2S. The molecule has 0 saturated carbocycles. The summed E-state index contributed by atoms with van der Waals surface area (Å²) < 4.78 is 0. The fourth-order valence-electron chi connectivity index (χ4n) is 1.76. The number of aryl methyl sites for hydroxylation is 1. The minimum absolute atomic E-state index is 0.113. The largest absolute Gasteiger partial charge is 0.388 e. The van der Waals surface area contributed by atoms with Gasteiger partial charge < -0.3 is 15.6 Å². The molecule has 0 radical (unpaired) electrons.